The lowest BCUT2D eigenvalue weighted by Gasteiger charge is -2.12. The van der Waals surface area contributed by atoms with E-state index in [9.17, 15) is 13.2 Å². The van der Waals surface area contributed by atoms with Crippen molar-refractivity contribution in [3.63, 3.8) is 0 Å². The van der Waals surface area contributed by atoms with Crippen molar-refractivity contribution >= 4 is 21.6 Å². The van der Waals surface area contributed by atoms with Gasteiger partial charge >= 0.3 is 0 Å². The molecule has 1 aliphatic rings. The van der Waals surface area contributed by atoms with Crippen molar-refractivity contribution in [1.82, 2.24) is 5.32 Å². The number of aryl methyl sites for hydroxylation is 1. The van der Waals surface area contributed by atoms with E-state index in [0.717, 1.165) is 25.0 Å². The lowest BCUT2D eigenvalue weighted by molar-refractivity contribution is -0.123. The van der Waals surface area contributed by atoms with Crippen molar-refractivity contribution in [1.29, 1.82) is 0 Å². The van der Waals surface area contributed by atoms with Gasteiger partial charge in [-0.15, -0.1) is 0 Å². The van der Waals surface area contributed by atoms with Crippen molar-refractivity contribution in [3.8, 4) is 5.75 Å². The molecule has 7 nitrogen and oxygen atoms in total. The number of nitrogens with one attached hydrogen (secondary N) is 2. The maximum absolute atomic E-state index is 12.5. The molecule has 2 N–H and O–H groups in total. The van der Waals surface area contributed by atoms with Gasteiger partial charge in [-0.2, -0.15) is 0 Å². The number of rotatable bonds is 8. The molecule has 1 aliphatic heterocycles. The normalized spacial score (nSPS) is 16.5. The zero-order chi connectivity index (χ0) is 20.0. The van der Waals surface area contributed by atoms with Gasteiger partial charge in [-0.05, 0) is 55.7 Å². The van der Waals surface area contributed by atoms with E-state index < -0.39 is 10.0 Å². The number of sulfonamides is 1. The minimum atomic E-state index is -3.70. The van der Waals surface area contributed by atoms with Crippen LogP contribution in [0.2, 0.25) is 0 Å². The Bertz CT molecular complexity index is 906. The fourth-order valence-electron chi connectivity index (χ4n) is 2.84. The average molecular weight is 404 g/mol. The third-order valence-electron chi connectivity index (χ3n) is 4.44. The van der Waals surface area contributed by atoms with Crippen LogP contribution >= 0.6 is 0 Å². The minimum absolute atomic E-state index is 0.0780. The predicted octanol–water partition coefficient (Wildman–Crippen LogP) is 2.47. The molecule has 2 aromatic carbocycles. The van der Waals surface area contributed by atoms with Crippen LogP contribution in [0.15, 0.2) is 53.4 Å². The molecule has 0 bridgehead atoms. The molecule has 0 spiro atoms. The highest BCUT2D eigenvalue weighted by Crippen LogP contribution is 2.21. The number of anilines is 1. The molecule has 0 saturated carbocycles. The molecule has 1 atom stereocenters. The first kappa shape index (κ1) is 20.2. The number of para-hydroxylation sites is 1. The first-order valence-corrected chi connectivity index (χ1v) is 10.6. The highest BCUT2D eigenvalue weighted by Gasteiger charge is 2.17. The summed E-state index contributed by atoms with van der Waals surface area (Å²) in [6.45, 7) is 2.91. The van der Waals surface area contributed by atoms with Crippen LogP contribution in [0.25, 0.3) is 0 Å². The van der Waals surface area contributed by atoms with E-state index in [-0.39, 0.29) is 23.5 Å². The molecule has 0 unspecified atom stereocenters. The van der Waals surface area contributed by atoms with Crippen LogP contribution in [-0.2, 0) is 19.6 Å². The van der Waals surface area contributed by atoms with Crippen LogP contribution in [0, 0.1) is 6.92 Å². The number of benzene rings is 2. The molecule has 1 saturated heterocycles. The molecular weight excluding hydrogens is 380 g/mol. The molecule has 0 aromatic heterocycles. The third kappa shape index (κ3) is 5.46. The third-order valence-corrected chi connectivity index (χ3v) is 5.83. The smallest absolute Gasteiger partial charge is 0.261 e. The summed E-state index contributed by atoms with van der Waals surface area (Å²) in [5.74, 6) is 0.176. The van der Waals surface area contributed by atoms with Gasteiger partial charge in [0.1, 0.15) is 5.75 Å². The fourth-order valence-corrected chi connectivity index (χ4v) is 3.97. The topological polar surface area (TPSA) is 93.7 Å². The predicted molar refractivity (Wildman–Crippen MR) is 106 cm³/mol. The van der Waals surface area contributed by atoms with Gasteiger partial charge in [-0.1, -0.05) is 18.2 Å². The van der Waals surface area contributed by atoms with Gasteiger partial charge in [0.25, 0.3) is 15.9 Å². The summed E-state index contributed by atoms with van der Waals surface area (Å²) in [6.07, 6.45) is 2.05. The summed E-state index contributed by atoms with van der Waals surface area (Å²) in [5, 5.41) is 2.77. The van der Waals surface area contributed by atoms with Gasteiger partial charge in [0.05, 0.1) is 16.7 Å². The minimum Gasteiger partial charge on any atom is -0.484 e. The van der Waals surface area contributed by atoms with E-state index in [4.69, 9.17) is 9.47 Å². The molecule has 1 amide bonds. The Kier molecular flexibility index (Phi) is 6.53. The second-order valence-corrected chi connectivity index (χ2v) is 8.30. The van der Waals surface area contributed by atoms with E-state index in [1.54, 1.807) is 12.1 Å². The number of ether oxygens (including phenoxy) is 2. The Morgan fingerprint density at radius 1 is 1.18 bits per heavy atom. The second-order valence-electron chi connectivity index (χ2n) is 6.62. The molecule has 3 rings (SSSR count). The van der Waals surface area contributed by atoms with E-state index in [1.807, 2.05) is 19.1 Å². The molecule has 2 aromatic rings. The van der Waals surface area contributed by atoms with E-state index >= 15 is 0 Å². The SMILES string of the molecule is Cc1ccccc1NS(=O)(=O)c1ccc(OCC(=O)NC[C@@H]2CCCO2)cc1. The quantitative estimate of drug-likeness (QED) is 0.705. The van der Waals surface area contributed by atoms with E-state index in [1.165, 1.54) is 24.3 Å². The van der Waals surface area contributed by atoms with Gasteiger partial charge in [-0.3, -0.25) is 9.52 Å². The van der Waals surface area contributed by atoms with Gasteiger partial charge in [0.15, 0.2) is 6.61 Å². The summed E-state index contributed by atoms with van der Waals surface area (Å²) in [4.78, 5) is 12.0. The Balaban J connectivity index is 1.52. The molecule has 28 heavy (non-hydrogen) atoms. The Labute approximate surface area is 165 Å². The van der Waals surface area contributed by atoms with Crippen molar-refractivity contribution < 1.29 is 22.7 Å². The second kappa shape index (κ2) is 9.07. The van der Waals surface area contributed by atoms with Gasteiger partial charge in [-0.25, -0.2) is 8.42 Å². The Morgan fingerprint density at radius 2 is 1.93 bits per heavy atom. The first-order chi connectivity index (χ1) is 13.4. The van der Waals surface area contributed by atoms with Crippen LogP contribution in [0.4, 0.5) is 5.69 Å². The monoisotopic (exact) mass is 404 g/mol. The van der Waals surface area contributed by atoms with Crippen molar-refractivity contribution in [2.24, 2.45) is 0 Å². The Morgan fingerprint density at radius 3 is 2.61 bits per heavy atom. The van der Waals surface area contributed by atoms with Crippen LogP contribution < -0.4 is 14.8 Å². The molecule has 150 valence electrons. The molecule has 0 radical (unpaired) electrons. The molecule has 8 heteroatoms. The average Bonchev–Trinajstić information content (AvgIpc) is 3.20. The number of amides is 1. The molecule has 1 heterocycles. The van der Waals surface area contributed by atoms with Gasteiger partial charge < -0.3 is 14.8 Å². The summed E-state index contributed by atoms with van der Waals surface area (Å²) in [5.41, 5.74) is 1.37. The summed E-state index contributed by atoms with van der Waals surface area (Å²) >= 11 is 0. The van der Waals surface area contributed by atoms with Crippen molar-refractivity contribution in [2.45, 2.75) is 30.8 Å². The van der Waals surface area contributed by atoms with Crippen molar-refractivity contribution in [3.05, 3.63) is 54.1 Å². The largest absolute Gasteiger partial charge is 0.484 e. The van der Waals surface area contributed by atoms with Gasteiger partial charge in [0.2, 0.25) is 0 Å². The zero-order valence-electron chi connectivity index (χ0n) is 15.7. The number of hydrogen-bond acceptors (Lipinski definition) is 5. The maximum atomic E-state index is 12.5. The van der Waals surface area contributed by atoms with Crippen LogP contribution in [0.5, 0.6) is 5.75 Å². The summed E-state index contributed by atoms with van der Waals surface area (Å²) < 4.78 is 38.5. The highest BCUT2D eigenvalue weighted by atomic mass is 32.2. The van der Waals surface area contributed by atoms with Crippen LogP contribution in [0.1, 0.15) is 18.4 Å². The Hall–Kier alpha value is -2.58. The lowest BCUT2D eigenvalue weighted by atomic mass is 10.2. The van der Waals surface area contributed by atoms with Crippen molar-refractivity contribution in [2.75, 3.05) is 24.5 Å². The zero-order valence-corrected chi connectivity index (χ0v) is 16.5. The molecule has 1 fully saturated rings. The van der Waals surface area contributed by atoms with Crippen LogP contribution in [0.3, 0.4) is 0 Å². The lowest BCUT2D eigenvalue weighted by Crippen LogP contribution is -2.35. The first-order valence-electron chi connectivity index (χ1n) is 9.14. The molecular formula is C20H24N2O5S. The summed E-state index contributed by atoms with van der Waals surface area (Å²) in [7, 11) is -3.70. The van der Waals surface area contributed by atoms with Crippen LogP contribution in [-0.4, -0.2) is 40.2 Å². The number of carbonyl (C=O) groups is 1. The highest BCUT2D eigenvalue weighted by molar-refractivity contribution is 7.92. The van der Waals surface area contributed by atoms with E-state index in [2.05, 4.69) is 10.0 Å². The van der Waals surface area contributed by atoms with E-state index in [0.29, 0.717) is 18.0 Å². The number of carbonyl (C=O) groups excluding carboxylic acids is 1. The standard InChI is InChI=1S/C20H24N2O5S/c1-15-5-2-3-7-19(15)22-28(24,25)18-10-8-16(9-11-18)27-14-20(23)21-13-17-6-4-12-26-17/h2-3,5,7-11,17,22H,4,6,12-14H2,1H3,(H,21,23)/t17-/m0/s1. The fraction of sp³-hybridized carbons (Fsp3) is 0.350. The maximum Gasteiger partial charge on any atom is 0.261 e. The summed E-state index contributed by atoms with van der Waals surface area (Å²) in [6, 6.07) is 13.1. The molecule has 0 aliphatic carbocycles. The number of hydrogen-bond donors (Lipinski definition) is 2. The van der Waals surface area contributed by atoms with Gasteiger partial charge in [0, 0.05) is 13.2 Å².